The molecule has 1 nitrogen and oxygen atoms in total. The third-order valence-electron chi connectivity index (χ3n) is 3.46. The van der Waals surface area contributed by atoms with E-state index in [2.05, 4.69) is 33.1 Å². The van der Waals surface area contributed by atoms with Crippen LogP contribution in [0.25, 0.3) is 0 Å². The number of carbonyl (C=O) groups is 1. The van der Waals surface area contributed by atoms with Crippen LogP contribution in [0.2, 0.25) is 0 Å². The lowest BCUT2D eigenvalue weighted by Gasteiger charge is -2.35. The first-order valence-corrected chi connectivity index (χ1v) is 5.92. The van der Waals surface area contributed by atoms with Gasteiger partial charge in [-0.15, -0.1) is 0 Å². The molecule has 80 valence electrons. The van der Waals surface area contributed by atoms with Gasteiger partial charge in [0.1, 0.15) is 0 Å². The van der Waals surface area contributed by atoms with Crippen LogP contribution in [-0.2, 0) is 4.79 Å². The summed E-state index contributed by atoms with van der Waals surface area (Å²) in [5.41, 5.74) is 0. The minimum Gasteiger partial charge on any atom is -0.295 e. The SMILES string of the molecule is C=CC(=O)C1CCC(C(C)S)C(C)C1. The van der Waals surface area contributed by atoms with E-state index in [-0.39, 0.29) is 11.7 Å². The predicted octanol–water partition coefficient (Wildman–Crippen LogP) is 3.11. The van der Waals surface area contributed by atoms with Gasteiger partial charge in [0.2, 0.25) is 0 Å². The fourth-order valence-electron chi connectivity index (χ4n) is 2.56. The zero-order chi connectivity index (χ0) is 10.7. The van der Waals surface area contributed by atoms with Gasteiger partial charge in [-0.2, -0.15) is 12.6 Å². The van der Waals surface area contributed by atoms with Gasteiger partial charge in [0.05, 0.1) is 0 Å². The highest BCUT2D eigenvalue weighted by Crippen LogP contribution is 2.37. The number of carbonyl (C=O) groups excluding carboxylic acids is 1. The Morgan fingerprint density at radius 2 is 2.21 bits per heavy atom. The van der Waals surface area contributed by atoms with E-state index in [1.165, 1.54) is 6.08 Å². The van der Waals surface area contributed by atoms with E-state index in [4.69, 9.17) is 0 Å². The van der Waals surface area contributed by atoms with Crippen LogP contribution in [-0.4, -0.2) is 11.0 Å². The second-order valence-electron chi connectivity index (χ2n) is 4.50. The Kier molecular flexibility index (Phi) is 4.24. The summed E-state index contributed by atoms with van der Waals surface area (Å²) < 4.78 is 0. The minimum atomic E-state index is 0.224. The van der Waals surface area contributed by atoms with Crippen molar-refractivity contribution < 1.29 is 4.79 Å². The lowest BCUT2D eigenvalue weighted by molar-refractivity contribution is -0.119. The highest BCUT2D eigenvalue weighted by molar-refractivity contribution is 7.80. The third-order valence-corrected chi connectivity index (χ3v) is 3.84. The van der Waals surface area contributed by atoms with E-state index in [1.807, 2.05) is 0 Å². The Hall–Kier alpha value is -0.240. The van der Waals surface area contributed by atoms with Gasteiger partial charge in [-0.1, -0.05) is 20.4 Å². The maximum absolute atomic E-state index is 11.5. The largest absolute Gasteiger partial charge is 0.295 e. The molecule has 0 aliphatic heterocycles. The van der Waals surface area contributed by atoms with Crippen molar-refractivity contribution >= 4 is 18.4 Å². The van der Waals surface area contributed by atoms with E-state index >= 15 is 0 Å². The van der Waals surface area contributed by atoms with E-state index in [9.17, 15) is 4.79 Å². The minimum absolute atomic E-state index is 0.224. The highest BCUT2D eigenvalue weighted by Gasteiger charge is 2.31. The number of rotatable bonds is 3. The van der Waals surface area contributed by atoms with Crippen molar-refractivity contribution in [2.24, 2.45) is 17.8 Å². The Morgan fingerprint density at radius 3 is 2.64 bits per heavy atom. The molecule has 1 aliphatic carbocycles. The lowest BCUT2D eigenvalue weighted by Crippen LogP contribution is -2.30. The molecule has 0 aromatic carbocycles. The second-order valence-corrected chi connectivity index (χ2v) is 5.31. The molecule has 1 rings (SSSR count). The maximum Gasteiger partial charge on any atom is 0.158 e. The Balaban J connectivity index is 2.54. The average Bonchev–Trinajstić information content (AvgIpc) is 2.15. The van der Waals surface area contributed by atoms with Crippen LogP contribution in [0.1, 0.15) is 33.1 Å². The van der Waals surface area contributed by atoms with E-state index in [1.54, 1.807) is 0 Å². The van der Waals surface area contributed by atoms with Crippen LogP contribution in [0.5, 0.6) is 0 Å². The van der Waals surface area contributed by atoms with Gasteiger partial charge < -0.3 is 0 Å². The van der Waals surface area contributed by atoms with Gasteiger partial charge in [-0.3, -0.25) is 4.79 Å². The zero-order valence-corrected chi connectivity index (χ0v) is 9.97. The molecule has 0 N–H and O–H groups in total. The maximum atomic E-state index is 11.5. The molecule has 0 aromatic heterocycles. The molecule has 0 amide bonds. The van der Waals surface area contributed by atoms with Crippen LogP contribution in [0.4, 0.5) is 0 Å². The second kappa shape index (κ2) is 5.01. The Labute approximate surface area is 92.4 Å². The molecule has 1 aliphatic rings. The van der Waals surface area contributed by atoms with Gasteiger partial charge in [0.25, 0.3) is 0 Å². The molecular weight excluding hydrogens is 192 g/mol. The van der Waals surface area contributed by atoms with Gasteiger partial charge in [0, 0.05) is 11.2 Å². The normalized spacial score (nSPS) is 34.9. The number of ketones is 1. The summed E-state index contributed by atoms with van der Waals surface area (Å²) >= 11 is 4.50. The fourth-order valence-corrected chi connectivity index (χ4v) is 3.00. The monoisotopic (exact) mass is 212 g/mol. The topological polar surface area (TPSA) is 17.1 Å². The first-order valence-electron chi connectivity index (χ1n) is 5.40. The van der Waals surface area contributed by atoms with Gasteiger partial charge in [0.15, 0.2) is 5.78 Å². The Bertz CT molecular complexity index is 222. The summed E-state index contributed by atoms with van der Waals surface area (Å²) in [6.45, 7) is 7.94. The standard InChI is InChI=1S/C12H20OS/c1-4-12(13)10-5-6-11(9(3)14)8(2)7-10/h4,8-11,14H,1,5-7H2,2-3H3. The van der Waals surface area contributed by atoms with Gasteiger partial charge in [-0.25, -0.2) is 0 Å². The molecule has 0 spiro atoms. The van der Waals surface area contributed by atoms with Gasteiger partial charge in [-0.05, 0) is 37.2 Å². The van der Waals surface area contributed by atoms with Crippen LogP contribution in [0.3, 0.4) is 0 Å². The zero-order valence-electron chi connectivity index (χ0n) is 9.07. The number of hydrogen-bond acceptors (Lipinski definition) is 2. The van der Waals surface area contributed by atoms with E-state index in [0.717, 1.165) is 19.3 Å². The van der Waals surface area contributed by atoms with Crippen molar-refractivity contribution in [3.05, 3.63) is 12.7 Å². The van der Waals surface area contributed by atoms with Crippen molar-refractivity contribution in [3.63, 3.8) is 0 Å². The predicted molar refractivity (Wildman–Crippen MR) is 63.6 cm³/mol. The molecule has 14 heavy (non-hydrogen) atoms. The quantitative estimate of drug-likeness (QED) is 0.562. The van der Waals surface area contributed by atoms with Crippen LogP contribution < -0.4 is 0 Å². The number of allylic oxidation sites excluding steroid dienone is 1. The molecule has 0 radical (unpaired) electrons. The summed E-state index contributed by atoms with van der Waals surface area (Å²) in [7, 11) is 0. The first kappa shape index (κ1) is 11.8. The molecule has 2 heteroatoms. The summed E-state index contributed by atoms with van der Waals surface area (Å²) in [5, 5.41) is 0.449. The third kappa shape index (κ3) is 2.63. The van der Waals surface area contributed by atoms with Crippen LogP contribution >= 0.6 is 12.6 Å². The number of hydrogen-bond donors (Lipinski definition) is 1. The molecular formula is C12H20OS. The van der Waals surface area contributed by atoms with Crippen LogP contribution in [0.15, 0.2) is 12.7 Å². The Morgan fingerprint density at radius 1 is 1.57 bits per heavy atom. The van der Waals surface area contributed by atoms with Gasteiger partial charge >= 0.3 is 0 Å². The summed E-state index contributed by atoms with van der Waals surface area (Å²) in [4.78, 5) is 11.5. The molecule has 0 bridgehead atoms. The average molecular weight is 212 g/mol. The van der Waals surface area contributed by atoms with Crippen molar-refractivity contribution in [3.8, 4) is 0 Å². The van der Waals surface area contributed by atoms with Crippen molar-refractivity contribution in [2.75, 3.05) is 0 Å². The molecule has 0 saturated heterocycles. The van der Waals surface area contributed by atoms with Crippen molar-refractivity contribution in [1.29, 1.82) is 0 Å². The molecule has 1 fully saturated rings. The summed E-state index contributed by atoms with van der Waals surface area (Å²) in [6.07, 6.45) is 4.64. The summed E-state index contributed by atoms with van der Waals surface area (Å²) in [6, 6.07) is 0. The highest BCUT2D eigenvalue weighted by atomic mass is 32.1. The molecule has 0 heterocycles. The molecule has 4 unspecified atom stereocenters. The molecule has 0 aromatic rings. The fraction of sp³-hybridized carbons (Fsp3) is 0.750. The van der Waals surface area contributed by atoms with Crippen LogP contribution in [0, 0.1) is 17.8 Å². The first-order chi connectivity index (χ1) is 6.56. The molecule has 4 atom stereocenters. The van der Waals surface area contributed by atoms with Crippen molar-refractivity contribution in [1.82, 2.24) is 0 Å². The van der Waals surface area contributed by atoms with E-state index in [0.29, 0.717) is 17.1 Å². The summed E-state index contributed by atoms with van der Waals surface area (Å²) in [5.74, 6) is 1.74. The van der Waals surface area contributed by atoms with Crippen molar-refractivity contribution in [2.45, 2.75) is 38.4 Å². The lowest BCUT2D eigenvalue weighted by atomic mass is 9.72. The molecule has 1 saturated carbocycles. The number of thiol groups is 1. The smallest absolute Gasteiger partial charge is 0.158 e. The van der Waals surface area contributed by atoms with E-state index < -0.39 is 0 Å².